The first-order valence-corrected chi connectivity index (χ1v) is 13.7. The van der Waals surface area contributed by atoms with E-state index in [0.717, 1.165) is 49.6 Å². The summed E-state index contributed by atoms with van der Waals surface area (Å²) in [6.45, 7) is 2.38. The van der Waals surface area contributed by atoms with Crippen molar-refractivity contribution in [3.05, 3.63) is 29.8 Å². The van der Waals surface area contributed by atoms with Crippen LogP contribution in [0.15, 0.2) is 28.7 Å². The van der Waals surface area contributed by atoms with Gasteiger partial charge in [-0.2, -0.15) is 4.98 Å². The van der Waals surface area contributed by atoms with E-state index in [1.54, 1.807) is 0 Å². The lowest BCUT2D eigenvalue weighted by Crippen LogP contribution is -2.72. The van der Waals surface area contributed by atoms with Crippen LogP contribution in [0.25, 0.3) is 16.7 Å². The van der Waals surface area contributed by atoms with E-state index in [4.69, 9.17) is 26.5 Å². The molecule has 2 saturated carbocycles. The number of likely N-dealkylation sites (N-methyl/N-ethyl adjacent to an activating group) is 1. The number of alkyl halides is 1. The zero-order chi connectivity index (χ0) is 25.3. The lowest BCUT2D eigenvalue weighted by molar-refractivity contribution is -0.276. The van der Waals surface area contributed by atoms with Crippen molar-refractivity contribution in [2.24, 2.45) is 17.3 Å². The van der Waals surface area contributed by atoms with Crippen LogP contribution in [0, 0.1) is 17.3 Å². The molecule has 5 aliphatic rings. The van der Waals surface area contributed by atoms with Crippen LogP contribution in [0.4, 0.5) is 6.01 Å². The van der Waals surface area contributed by atoms with Crippen LogP contribution in [-0.4, -0.2) is 68.5 Å². The predicted octanol–water partition coefficient (Wildman–Crippen LogP) is 3.95. The SMILES string of the molecule is CN(C)C1CC23CCC4(O2)C2CC=C(c5ccc6oc(N)nc6c5)C2(C)CCC4(Cl)CC3C(O)C1O. The van der Waals surface area contributed by atoms with Crippen molar-refractivity contribution in [1.29, 1.82) is 0 Å². The Bertz CT molecular complexity index is 1280. The van der Waals surface area contributed by atoms with Crippen molar-refractivity contribution in [2.45, 2.75) is 86.2 Å². The Morgan fingerprint density at radius 2 is 1.92 bits per heavy atom. The normalized spacial score (nSPS) is 47.5. The number of aromatic nitrogens is 1. The highest BCUT2D eigenvalue weighted by Crippen LogP contribution is 2.73. The second-order valence-electron chi connectivity index (χ2n) is 12.6. The third kappa shape index (κ3) is 2.76. The molecule has 2 spiro atoms. The molecule has 194 valence electrons. The largest absolute Gasteiger partial charge is 0.424 e. The second-order valence-corrected chi connectivity index (χ2v) is 13.3. The molecule has 3 heterocycles. The zero-order valence-corrected chi connectivity index (χ0v) is 22.0. The fourth-order valence-corrected chi connectivity index (χ4v) is 9.65. The molecular formula is C28H36ClN3O4. The minimum absolute atomic E-state index is 0.0759. The van der Waals surface area contributed by atoms with Gasteiger partial charge in [0.05, 0.1) is 28.3 Å². The van der Waals surface area contributed by atoms with Gasteiger partial charge in [-0.15, -0.1) is 11.6 Å². The molecule has 2 saturated heterocycles. The van der Waals surface area contributed by atoms with Gasteiger partial charge >= 0.3 is 0 Å². The monoisotopic (exact) mass is 513 g/mol. The summed E-state index contributed by atoms with van der Waals surface area (Å²) >= 11 is 7.60. The first-order valence-electron chi connectivity index (χ1n) is 13.3. The minimum atomic E-state index is -0.829. The molecule has 0 amide bonds. The standard InChI is InChI=1S/C28H36ClN3O4/c1-25-8-10-27(29)13-17-22(33)23(34)19(32(2)3)14-26(17)9-11-28(27,36-26)21(25)7-5-16(25)15-4-6-20-18(12-15)31-24(30)35-20/h4-6,12,17,19,21-23,33-34H,7-11,13-14H2,1-3H3,(H2,30,31). The Morgan fingerprint density at radius 3 is 2.69 bits per heavy atom. The summed E-state index contributed by atoms with van der Waals surface area (Å²) in [5.41, 5.74) is 8.80. The summed E-state index contributed by atoms with van der Waals surface area (Å²) in [5, 5.41) is 22.2. The zero-order valence-electron chi connectivity index (χ0n) is 21.2. The van der Waals surface area contributed by atoms with Crippen LogP contribution in [-0.2, 0) is 4.74 Å². The first-order chi connectivity index (χ1) is 17.0. The lowest BCUT2D eigenvalue weighted by atomic mass is 9.52. The third-order valence-electron chi connectivity index (χ3n) is 10.9. The number of allylic oxidation sites excluding steroid dienone is 2. The van der Waals surface area contributed by atoms with Gasteiger partial charge in [0.25, 0.3) is 6.01 Å². The van der Waals surface area contributed by atoms with Crippen LogP contribution < -0.4 is 5.73 Å². The Hall–Kier alpha value is -1.64. The Kier molecular flexibility index (Phi) is 4.74. The van der Waals surface area contributed by atoms with Crippen molar-refractivity contribution in [1.82, 2.24) is 9.88 Å². The van der Waals surface area contributed by atoms with Crippen molar-refractivity contribution in [3.63, 3.8) is 0 Å². The summed E-state index contributed by atoms with van der Waals surface area (Å²) in [6, 6.07) is 6.21. The molecule has 8 heteroatoms. The maximum Gasteiger partial charge on any atom is 0.292 e. The van der Waals surface area contributed by atoms with E-state index in [1.165, 1.54) is 5.57 Å². The number of ether oxygens (including phenoxy) is 1. The van der Waals surface area contributed by atoms with Gasteiger partial charge in [0.15, 0.2) is 5.58 Å². The molecule has 1 aromatic heterocycles. The summed E-state index contributed by atoms with van der Waals surface area (Å²) in [7, 11) is 3.95. The van der Waals surface area contributed by atoms with Crippen molar-refractivity contribution >= 4 is 34.3 Å². The van der Waals surface area contributed by atoms with Gasteiger partial charge in [0.1, 0.15) is 5.52 Å². The van der Waals surface area contributed by atoms with Crippen LogP contribution in [0.1, 0.15) is 57.4 Å². The van der Waals surface area contributed by atoms with Gasteiger partial charge in [-0.25, -0.2) is 0 Å². The van der Waals surface area contributed by atoms with Crippen LogP contribution in [0.2, 0.25) is 0 Å². The highest BCUT2D eigenvalue weighted by molar-refractivity contribution is 6.25. The molecule has 4 N–H and O–H groups in total. The number of nitrogen functional groups attached to an aromatic ring is 1. The number of benzene rings is 1. The molecule has 7 rings (SSSR count). The summed E-state index contributed by atoms with van der Waals surface area (Å²) in [4.78, 5) is 5.84. The number of fused-ring (bicyclic) bond motifs is 2. The van der Waals surface area contributed by atoms with Crippen LogP contribution in [0.5, 0.6) is 0 Å². The molecule has 2 aliphatic heterocycles. The van der Waals surface area contributed by atoms with E-state index in [-0.39, 0.29) is 29.3 Å². The summed E-state index contributed by atoms with van der Waals surface area (Å²) < 4.78 is 12.8. The fourth-order valence-electron chi connectivity index (χ4n) is 9.12. The topological polar surface area (TPSA) is 105 Å². The van der Waals surface area contributed by atoms with Crippen molar-refractivity contribution in [2.75, 3.05) is 19.8 Å². The average Bonchev–Trinajstić information content (AvgIpc) is 3.49. The molecule has 2 bridgehead atoms. The molecular weight excluding hydrogens is 478 g/mol. The van der Waals surface area contributed by atoms with E-state index in [2.05, 4.69) is 30.1 Å². The second kappa shape index (κ2) is 7.26. The van der Waals surface area contributed by atoms with Gasteiger partial charge in [-0.3, -0.25) is 0 Å². The number of halogens is 1. The minimum Gasteiger partial charge on any atom is -0.424 e. The average molecular weight is 514 g/mol. The van der Waals surface area contributed by atoms with Crippen LogP contribution in [0.3, 0.4) is 0 Å². The molecule has 3 aliphatic carbocycles. The highest BCUT2D eigenvalue weighted by atomic mass is 35.5. The number of anilines is 1. The lowest BCUT2D eigenvalue weighted by Gasteiger charge is -2.65. The number of nitrogens with zero attached hydrogens (tertiary/aromatic N) is 2. The van der Waals surface area contributed by atoms with Crippen LogP contribution >= 0.6 is 11.6 Å². The predicted molar refractivity (Wildman–Crippen MR) is 138 cm³/mol. The molecule has 1 aromatic carbocycles. The van der Waals surface area contributed by atoms with E-state index in [1.807, 2.05) is 25.1 Å². The molecule has 9 atom stereocenters. The van der Waals surface area contributed by atoms with Crippen molar-refractivity contribution in [3.8, 4) is 0 Å². The van der Waals surface area contributed by atoms with Gasteiger partial charge in [0.2, 0.25) is 0 Å². The number of hydrogen-bond donors (Lipinski definition) is 3. The molecule has 0 radical (unpaired) electrons. The van der Waals surface area contributed by atoms with E-state index in [0.29, 0.717) is 12.0 Å². The number of hydrogen-bond acceptors (Lipinski definition) is 7. The Morgan fingerprint density at radius 1 is 1.11 bits per heavy atom. The molecule has 7 nitrogen and oxygen atoms in total. The van der Waals surface area contributed by atoms with Crippen molar-refractivity contribution < 1.29 is 19.4 Å². The number of nitrogens with two attached hydrogens (primary N) is 1. The summed E-state index contributed by atoms with van der Waals surface area (Å²) in [6.07, 6.45) is 6.66. The molecule has 9 unspecified atom stereocenters. The number of aliphatic hydroxyl groups excluding tert-OH is 2. The Labute approximate surface area is 216 Å². The van der Waals surface area contributed by atoms with Gasteiger partial charge in [-0.1, -0.05) is 19.1 Å². The Balaban J connectivity index is 1.27. The third-order valence-corrected chi connectivity index (χ3v) is 11.6. The first kappa shape index (κ1) is 23.5. The maximum atomic E-state index is 11.3. The molecule has 2 aromatic rings. The van der Waals surface area contributed by atoms with Gasteiger partial charge in [0, 0.05) is 17.9 Å². The number of rotatable bonds is 2. The molecule has 36 heavy (non-hydrogen) atoms. The van der Waals surface area contributed by atoms with Gasteiger partial charge < -0.3 is 30.0 Å². The maximum absolute atomic E-state index is 11.3. The molecule has 4 fully saturated rings. The highest BCUT2D eigenvalue weighted by Gasteiger charge is 2.76. The van der Waals surface area contributed by atoms with E-state index >= 15 is 0 Å². The summed E-state index contributed by atoms with van der Waals surface area (Å²) in [5.74, 6) is 0.112. The smallest absolute Gasteiger partial charge is 0.292 e. The van der Waals surface area contributed by atoms with E-state index in [9.17, 15) is 10.2 Å². The number of oxazole rings is 1. The van der Waals surface area contributed by atoms with Gasteiger partial charge in [-0.05, 0) is 87.7 Å². The quantitative estimate of drug-likeness (QED) is 0.522. The number of aliphatic hydroxyl groups is 2. The van der Waals surface area contributed by atoms with E-state index < -0.39 is 28.3 Å². The fraction of sp³-hybridized carbons (Fsp3) is 0.679.